The molecule has 0 radical (unpaired) electrons. The van der Waals surface area contributed by atoms with Crippen molar-refractivity contribution in [2.75, 3.05) is 45.7 Å². The molecule has 0 bridgehead atoms. The van der Waals surface area contributed by atoms with Crippen LogP contribution in [0.1, 0.15) is 11.1 Å². The van der Waals surface area contributed by atoms with Crippen molar-refractivity contribution in [2.45, 2.75) is 6.42 Å². The summed E-state index contributed by atoms with van der Waals surface area (Å²) < 4.78 is 5.61. The number of ether oxygens (including phenoxy) is 1. The van der Waals surface area contributed by atoms with Gasteiger partial charge in [0.2, 0.25) is 5.91 Å². The molecular weight excluding hydrogens is 414 g/mol. The van der Waals surface area contributed by atoms with Crippen LogP contribution in [0.5, 0.6) is 5.75 Å². The summed E-state index contributed by atoms with van der Waals surface area (Å²) in [6.07, 6.45) is 7.33. The van der Waals surface area contributed by atoms with E-state index in [1.165, 1.54) is 6.33 Å². The maximum atomic E-state index is 13.2. The van der Waals surface area contributed by atoms with Gasteiger partial charge in [-0.3, -0.25) is 4.79 Å². The maximum absolute atomic E-state index is 13.2. The Morgan fingerprint density at radius 1 is 1.18 bits per heavy atom. The van der Waals surface area contributed by atoms with Crippen molar-refractivity contribution in [1.82, 2.24) is 19.8 Å². The van der Waals surface area contributed by atoms with Gasteiger partial charge in [-0.2, -0.15) is 0 Å². The van der Waals surface area contributed by atoms with Gasteiger partial charge < -0.3 is 19.9 Å². The van der Waals surface area contributed by atoms with Gasteiger partial charge in [0, 0.05) is 54.4 Å². The molecule has 2 atom stereocenters. The fraction of sp³-hybridized carbons (Fsp3) is 0.346. The summed E-state index contributed by atoms with van der Waals surface area (Å²) in [5.41, 5.74) is 3.20. The Labute approximate surface area is 193 Å². The Morgan fingerprint density at radius 3 is 2.70 bits per heavy atom. The van der Waals surface area contributed by atoms with E-state index in [9.17, 15) is 4.79 Å². The van der Waals surface area contributed by atoms with Crippen LogP contribution in [-0.4, -0.2) is 66.0 Å². The number of nitrogens with zero attached hydrogens (tertiary/aromatic N) is 4. The molecule has 2 aliphatic rings. The minimum atomic E-state index is 0.137. The number of hydrogen-bond acceptors (Lipinski definition) is 6. The summed E-state index contributed by atoms with van der Waals surface area (Å²) in [6.45, 7) is 3.82. The van der Waals surface area contributed by atoms with E-state index in [1.54, 1.807) is 7.11 Å². The molecule has 1 N–H and O–H groups in total. The van der Waals surface area contributed by atoms with Gasteiger partial charge in [0.15, 0.2) is 0 Å². The molecular formula is C26H27N5O2. The van der Waals surface area contributed by atoms with Crippen LogP contribution in [0, 0.1) is 24.2 Å². The maximum Gasteiger partial charge on any atom is 0.227 e. The summed E-state index contributed by atoms with van der Waals surface area (Å²) in [7, 11) is 3.78. The molecule has 5 rings (SSSR count). The van der Waals surface area contributed by atoms with Crippen LogP contribution in [-0.2, 0) is 11.2 Å². The van der Waals surface area contributed by atoms with E-state index in [0.29, 0.717) is 23.4 Å². The zero-order chi connectivity index (χ0) is 22.9. The van der Waals surface area contributed by atoms with Gasteiger partial charge in [0.1, 0.15) is 17.9 Å². The number of likely N-dealkylation sites (tertiary alicyclic amines) is 2. The summed E-state index contributed by atoms with van der Waals surface area (Å²) in [5.74, 6) is 5.27. The molecule has 1 aromatic heterocycles. The molecule has 0 saturated carbocycles. The minimum absolute atomic E-state index is 0.137. The van der Waals surface area contributed by atoms with Crippen LogP contribution in [0.3, 0.4) is 0 Å². The molecule has 168 valence electrons. The second kappa shape index (κ2) is 8.72. The Balaban J connectivity index is 1.42. The second-order valence-electron chi connectivity index (χ2n) is 8.97. The number of benzene rings is 2. The van der Waals surface area contributed by atoms with Crippen LogP contribution in [0.2, 0.25) is 0 Å². The standard InChI is InChI=1S/C26H27N5O2/c1-4-17-6-5-7-21(8-17)29-26-22-9-18(24(33-3)11-23(22)27-16-28-26)10-25(32)31-14-19-12-30(2)13-20(19)15-31/h1,5-9,11,16,19-20H,10,12-15H2,2-3H3,(H,27,28,29). The van der Waals surface area contributed by atoms with E-state index in [2.05, 4.69) is 33.2 Å². The summed E-state index contributed by atoms with van der Waals surface area (Å²) >= 11 is 0. The van der Waals surface area contributed by atoms with Crippen molar-refractivity contribution in [3.8, 4) is 18.1 Å². The Morgan fingerprint density at radius 2 is 1.97 bits per heavy atom. The molecule has 7 heteroatoms. The van der Waals surface area contributed by atoms with Gasteiger partial charge in [-0.25, -0.2) is 9.97 Å². The topological polar surface area (TPSA) is 70.6 Å². The molecule has 0 spiro atoms. The first kappa shape index (κ1) is 21.2. The zero-order valence-electron chi connectivity index (χ0n) is 18.9. The molecule has 2 aromatic carbocycles. The molecule has 2 saturated heterocycles. The van der Waals surface area contributed by atoms with Crippen molar-refractivity contribution in [3.63, 3.8) is 0 Å². The van der Waals surface area contributed by atoms with Crippen LogP contribution in [0.4, 0.5) is 11.5 Å². The Hall–Kier alpha value is -3.63. The Kier molecular flexibility index (Phi) is 5.61. The summed E-state index contributed by atoms with van der Waals surface area (Å²) in [5, 5.41) is 4.16. The minimum Gasteiger partial charge on any atom is -0.496 e. The lowest BCUT2D eigenvalue weighted by Crippen LogP contribution is -2.33. The van der Waals surface area contributed by atoms with Crippen molar-refractivity contribution in [3.05, 3.63) is 53.9 Å². The molecule has 3 aromatic rings. The smallest absolute Gasteiger partial charge is 0.227 e. The van der Waals surface area contributed by atoms with Crippen LogP contribution >= 0.6 is 0 Å². The van der Waals surface area contributed by atoms with E-state index in [4.69, 9.17) is 11.2 Å². The van der Waals surface area contributed by atoms with E-state index >= 15 is 0 Å². The number of methoxy groups -OCH3 is 1. The van der Waals surface area contributed by atoms with E-state index < -0.39 is 0 Å². The van der Waals surface area contributed by atoms with Gasteiger partial charge in [-0.05, 0) is 43.1 Å². The van der Waals surface area contributed by atoms with Crippen LogP contribution in [0.25, 0.3) is 10.9 Å². The highest BCUT2D eigenvalue weighted by Crippen LogP contribution is 2.33. The number of nitrogens with one attached hydrogen (secondary N) is 1. The number of fused-ring (bicyclic) bond motifs is 2. The molecule has 33 heavy (non-hydrogen) atoms. The quantitative estimate of drug-likeness (QED) is 0.614. The first-order valence-electron chi connectivity index (χ1n) is 11.2. The van der Waals surface area contributed by atoms with Crippen molar-refractivity contribution >= 4 is 28.3 Å². The molecule has 7 nitrogen and oxygen atoms in total. The van der Waals surface area contributed by atoms with Crippen molar-refractivity contribution in [2.24, 2.45) is 11.8 Å². The number of aromatic nitrogens is 2. The highest BCUT2D eigenvalue weighted by atomic mass is 16.5. The molecule has 2 aliphatic heterocycles. The molecule has 2 unspecified atom stereocenters. The number of terminal acetylenes is 1. The van der Waals surface area contributed by atoms with Crippen LogP contribution in [0.15, 0.2) is 42.7 Å². The summed E-state index contributed by atoms with van der Waals surface area (Å²) in [6, 6.07) is 11.4. The Bertz CT molecular complexity index is 1240. The molecule has 2 fully saturated rings. The molecule has 0 aliphatic carbocycles. The van der Waals surface area contributed by atoms with Crippen molar-refractivity contribution < 1.29 is 9.53 Å². The number of carbonyl (C=O) groups is 1. The normalized spacial score (nSPS) is 20.0. The largest absolute Gasteiger partial charge is 0.496 e. The zero-order valence-corrected chi connectivity index (χ0v) is 18.9. The monoisotopic (exact) mass is 441 g/mol. The van der Waals surface area contributed by atoms with Gasteiger partial charge in [0.05, 0.1) is 19.0 Å². The SMILES string of the molecule is C#Cc1cccc(Nc2ncnc3cc(OC)c(CC(=O)N4CC5CN(C)CC5C4)cc23)c1. The third kappa shape index (κ3) is 4.22. The van der Waals surface area contributed by atoms with Crippen LogP contribution < -0.4 is 10.1 Å². The lowest BCUT2D eigenvalue weighted by Gasteiger charge is -2.20. The lowest BCUT2D eigenvalue weighted by molar-refractivity contribution is -0.129. The number of amides is 1. The third-order valence-electron chi connectivity index (χ3n) is 6.69. The molecule has 3 heterocycles. The van der Waals surface area contributed by atoms with E-state index in [-0.39, 0.29) is 12.3 Å². The van der Waals surface area contributed by atoms with Gasteiger partial charge >= 0.3 is 0 Å². The first-order valence-corrected chi connectivity index (χ1v) is 11.2. The average molecular weight is 442 g/mol. The first-order chi connectivity index (χ1) is 16.0. The highest BCUT2D eigenvalue weighted by molar-refractivity contribution is 5.93. The predicted molar refractivity (Wildman–Crippen MR) is 129 cm³/mol. The average Bonchev–Trinajstić information content (AvgIpc) is 3.37. The summed E-state index contributed by atoms with van der Waals surface area (Å²) in [4.78, 5) is 26.4. The van der Waals surface area contributed by atoms with Gasteiger partial charge in [-0.1, -0.05) is 12.0 Å². The number of carbonyl (C=O) groups excluding carboxylic acids is 1. The number of anilines is 2. The van der Waals surface area contributed by atoms with Gasteiger partial charge in [-0.15, -0.1) is 6.42 Å². The predicted octanol–water partition coefficient (Wildman–Crippen LogP) is 2.93. The fourth-order valence-corrected chi connectivity index (χ4v) is 5.09. The third-order valence-corrected chi connectivity index (χ3v) is 6.69. The number of rotatable bonds is 5. The van der Waals surface area contributed by atoms with E-state index in [1.807, 2.05) is 41.3 Å². The fourth-order valence-electron chi connectivity index (χ4n) is 5.09. The molecule has 1 amide bonds. The van der Waals surface area contributed by atoms with Crippen molar-refractivity contribution in [1.29, 1.82) is 0 Å². The van der Waals surface area contributed by atoms with E-state index in [0.717, 1.165) is 53.9 Å². The number of hydrogen-bond donors (Lipinski definition) is 1. The second-order valence-corrected chi connectivity index (χ2v) is 8.97. The highest BCUT2D eigenvalue weighted by Gasteiger charge is 2.40. The van der Waals surface area contributed by atoms with Gasteiger partial charge in [0.25, 0.3) is 0 Å². The lowest BCUT2D eigenvalue weighted by atomic mass is 10.0.